The van der Waals surface area contributed by atoms with Gasteiger partial charge in [0, 0.05) is 18.7 Å². The Bertz CT molecular complexity index is 362. The van der Waals surface area contributed by atoms with Gasteiger partial charge in [0.15, 0.2) is 5.76 Å². The van der Waals surface area contributed by atoms with Gasteiger partial charge in [-0.15, -0.1) is 11.6 Å². The Hall–Kier alpha value is -1.00. The van der Waals surface area contributed by atoms with Crippen molar-refractivity contribution >= 4 is 17.5 Å². The van der Waals surface area contributed by atoms with E-state index in [0.29, 0.717) is 24.7 Å². The Morgan fingerprint density at radius 1 is 1.62 bits per heavy atom. The molecule has 0 unspecified atom stereocenters. The van der Waals surface area contributed by atoms with Crippen LogP contribution >= 0.6 is 11.6 Å². The quantitative estimate of drug-likeness (QED) is 0.805. The van der Waals surface area contributed by atoms with Gasteiger partial charge in [0.1, 0.15) is 5.76 Å². The molecule has 1 aromatic rings. The number of halogens is 1. The molecule has 90 valence electrons. The number of likely N-dealkylation sites (N-methyl/N-ethyl adjacent to an activating group) is 1. The average Bonchev–Trinajstić information content (AvgIpc) is 2.66. The number of aliphatic hydroxyl groups excluding tert-OH is 1. The fraction of sp³-hybridized carbons (Fsp3) is 0.545. The molecule has 1 aromatic heterocycles. The third-order valence-electron chi connectivity index (χ3n) is 2.41. The van der Waals surface area contributed by atoms with Gasteiger partial charge in [0.25, 0.3) is 5.91 Å². The molecule has 4 nitrogen and oxygen atoms in total. The maximum atomic E-state index is 11.9. The van der Waals surface area contributed by atoms with Gasteiger partial charge >= 0.3 is 0 Å². The largest absolute Gasteiger partial charge is 0.456 e. The highest BCUT2D eigenvalue weighted by atomic mass is 35.5. The average molecular weight is 246 g/mol. The molecular weight excluding hydrogens is 230 g/mol. The van der Waals surface area contributed by atoms with Gasteiger partial charge in [-0.25, -0.2) is 0 Å². The highest BCUT2D eigenvalue weighted by molar-refractivity contribution is 6.17. The molecule has 5 heteroatoms. The van der Waals surface area contributed by atoms with Crippen LogP contribution in [0.2, 0.25) is 0 Å². The van der Waals surface area contributed by atoms with Gasteiger partial charge in [0.2, 0.25) is 0 Å². The van der Waals surface area contributed by atoms with Crippen LogP contribution in [0.15, 0.2) is 10.5 Å². The van der Waals surface area contributed by atoms with Crippen LogP contribution in [0.3, 0.4) is 0 Å². The zero-order valence-corrected chi connectivity index (χ0v) is 10.3. The molecule has 0 aliphatic heterocycles. The molecule has 1 N–H and O–H groups in total. The summed E-state index contributed by atoms with van der Waals surface area (Å²) in [5.41, 5.74) is 0.824. The maximum Gasteiger partial charge on any atom is 0.289 e. The summed E-state index contributed by atoms with van der Waals surface area (Å²) < 4.78 is 5.34. The Balaban J connectivity index is 2.86. The van der Waals surface area contributed by atoms with E-state index < -0.39 is 0 Å². The summed E-state index contributed by atoms with van der Waals surface area (Å²) >= 11 is 5.70. The zero-order chi connectivity index (χ0) is 12.1. The topological polar surface area (TPSA) is 53.7 Å². The van der Waals surface area contributed by atoms with Crippen molar-refractivity contribution in [1.29, 1.82) is 0 Å². The lowest BCUT2D eigenvalue weighted by atomic mass is 10.2. The van der Waals surface area contributed by atoms with Gasteiger partial charge in [-0.2, -0.15) is 0 Å². The number of hydrogen-bond acceptors (Lipinski definition) is 3. The molecule has 1 heterocycles. The lowest BCUT2D eigenvalue weighted by Gasteiger charge is -2.17. The molecule has 0 atom stereocenters. The van der Waals surface area contributed by atoms with Crippen LogP contribution < -0.4 is 0 Å². The number of furan rings is 1. The minimum Gasteiger partial charge on any atom is -0.456 e. The number of rotatable bonds is 5. The standard InChI is InChI=1S/C11H16ClNO3/c1-3-13(4-5-14)11(15)10-6-9(7-12)8(2)16-10/h6,14H,3-5,7H2,1-2H3. The van der Waals surface area contributed by atoms with E-state index in [1.807, 2.05) is 6.92 Å². The van der Waals surface area contributed by atoms with Crippen LogP contribution in [0.5, 0.6) is 0 Å². The summed E-state index contributed by atoms with van der Waals surface area (Å²) in [5.74, 6) is 1.06. The second kappa shape index (κ2) is 5.92. The zero-order valence-electron chi connectivity index (χ0n) is 9.49. The van der Waals surface area contributed by atoms with Crippen molar-refractivity contribution in [3.05, 3.63) is 23.2 Å². The fourth-order valence-corrected chi connectivity index (χ4v) is 1.70. The van der Waals surface area contributed by atoms with Crippen LogP contribution in [-0.2, 0) is 5.88 Å². The minimum absolute atomic E-state index is 0.0539. The summed E-state index contributed by atoms with van der Waals surface area (Å²) in [6, 6.07) is 1.66. The number of carbonyl (C=O) groups excluding carboxylic acids is 1. The minimum atomic E-state index is -0.212. The molecular formula is C11H16ClNO3. The predicted molar refractivity (Wildman–Crippen MR) is 61.7 cm³/mol. The molecule has 0 saturated heterocycles. The van der Waals surface area contributed by atoms with Gasteiger partial charge < -0.3 is 14.4 Å². The van der Waals surface area contributed by atoms with Crippen molar-refractivity contribution in [2.75, 3.05) is 19.7 Å². The van der Waals surface area contributed by atoms with E-state index in [0.717, 1.165) is 5.56 Å². The van der Waals surface area contributed by atoms with Gasteiger partial charge in [-0.3, -0.25) is 4.79 Å². The number of aliphatic hydroxyl groups is 1. The monoisotopic (exact) mass is 245 g/mol. The van der Waals surface area contributed by atoms with Crippen LogP contribution in [0.1, 0.15) is 28.8 Å². The van der Waals surface area contributed by atoms with Crippen molar-refractivity contribution < 1.29 is 14.3 Å². The molecule has 0 radical (unpaired) electrons. The molecule has 0 aliphatic rings. The Kier molecular flexibility index (Phi) is 4.83. The molecule has 0 spiro atoms. The van der Waals surface area contributed by atoms with Crippen molar-refractivity contribution in [2.45, 2.75) is 19.7 Å². The van der Waals surface area contributed by atoms with E-state index in [1.54, 1.807) is 13.0 Å². The van der Waals surface area contributed by atoms with Crippen molar-refractivity contribution in [1.82, 2.24) is 4.90 Å². The Morgan fingerprint density at radius 3 is 2.75 bits per heavy atom. The first-order chi connectivity index (χ1) is 7.63. The van der Waals surface area contributed by atoms with Crippen LogP contribution in [-0.4, -0.2) is 35.6 Å². The predicted octanol–water partition coefficient (Wildman–Crippen LogP) is 1.78. The smallest absolute Gasteiger partial charge is 0.289 e. The number of hydrogen-bond donors (Lipinski definition) is 1. The van der Waals surface area contributed by atoms with Crippen molar-refractivity contribution in [3.63, 3.8) is 0 Å². The normalized spacial score (nSPS) is 10.5. The molecule has 0 saturated carbocycles. The maximum absolute atomic E-state index is 11.9. The van der Waals surface area contributed by atoms with Crippen molar-refractivity contribution in [3.8, 4) is 0 Å². The third kappa shape index (κ3) is 2.77. The first-order valence-corrected chi connectivity index (χ1v) is 5.72. The SMILES string of the molecule is CCN(CCO)C(=O)c1cc(CCl)c(C)o1. The summed E-state index contributed by atoms with van der Waals surface area (Å²) in [7, 11) is 0. The Morgan fingerprint density at radius 2 is 2.31 bits per heavy atom. The number of alkyl halides is 1. The van der Waals surface area contributed by atoms with E-state index in [1.165, 1.54) is 4.90 Å². The Labute approximate surface area is 99.8 Å². The number of aryl methyl sites for hydroxylation is 1. The van der Waals surface area contributed by atoms with E-state index >= 15 is 0 Å². The fourth-order valence-electron chi connectivity index (χ4n) is 1.44. The highest BCUT2D eigenvalue weighted by Gasteiger charge is 2.18. The second-order valence-corrected chi connectivity index (χ2v) is 3.70. The molecule has 1 rings (SSSR count). The van der Waals surface area contributed by atoms with Crippen LogP contribution in [0.4, 0.5) is 0 Å². The number of amides is 1. The second-order valence-electron chi connectivity index (χ2n) is 3.43. The molecule has 0 aromatic carbocycles. The van der Waals surface area contributed by atoms with Crippen LogP contribution in [0, 0.1) is 6.92 Å². The molecule has 0 fully saturated rings. The van der Waals surface area contributed by atoms with Crippen molar-refractivity contribution in [2.24, 2.45) is 0 Å². The van der Waals surface area contributed by atoms with E-state index in [9.17, 15) is 4.79 Å². The van der Waals surface area contributed by atoms with Crippen LogP contribution in [0.25, 0.3) is 0 Å². The van der Waals surface area contributed by atoms with Gasteiger partial charge in [-0.05, 0) is 19.9 Å². The first-order valence-electron chi connectivity index (χ1n) is 5.19. The molecule has 0 bridgehead atoms. The lowest BCUT2D eigenvalue weighted by molar-refractivity contribution is 0.0699. The van der Waals surface area contributed by atoms with E-state index in [-0.39, 0.29) is 18.3 Å². The van der Waals surface area contributed by atoms with E-state index in [4.69, 9.17) is 21.1 Å². The highest BCUT2D eigenvalue weighted by Crippen LogP contribution is 2.18. The summed E-state index contributed by atoms with van der Waals surface area (Å²) in [5, 5.41) is 8.82. The summed E-state index contributed by atoms with van der Waals surface area (Å²) in [6.07, 6.45) is 0. The summed E-state index contributed by atoms with van der Waals surface area (Å²) in [6.45, 7) is 4.42. The third-order valence-corrected chi connectivity index (χ3v) is 2.70. The number of carbonyl (C=O) groups is 1. The van der Waals surface area contributed by atoms with Gasteiger partial charge in [0.05, 0.1) is 12.5 Å². The summed E-state index contributed by atoms with van der Waals surface area (Å²) in [4.78, 5) is 13.4. The lowest BCUT2D eigenvalue weighted by Crippen LogP contribution is -2.33. The molecule has 0 aliphatic carbocycles. The number of nitrogens with zero attached hydrogens (tertiary/aromatic N) is 1. The molecule has 1 amide bonds. The van der Waals surface area contributed by atoms with E-state index in [2.05, 4.69) is 0 Å². The van der Waals surface area contributed by atoms with Gasteiger partial charge in [-0.1, -0.05) is 0 Å². The first kappa shape index (κ1) is 13.1. The molecule has 16 heavy (non-hydrogen) atoms.